The molecule has 100 valence electrons. The van der Waals surface area contributed by atoms with Crippen LogP contribution in [-0.2, 0) is 6.54 Å². The Morgan fingerprint density at radius 2 is 1.89 bits per heavy atom. The van der Waals surface area contributed by atoms with E-state index >= 15 is 0 Å². The van der Waals surface area contributed by atoms with Crippen molar-refractivity contribution in [1.82, 2.24) is 0 Å². The maximum absolute atomic E-state index is 6.11. The summed E-state index contributed by atoms with van der Waals surface area (Å²) in [5.41, 5.74) is 4.80. The van der Waals surface area contributed by atoms with Gasteiger partial charge in [-0.2, -0.15) is 0 Å². The van der Waals surface area contributed by atoms with Crippen LogP contribution < -0.4 is 10.1 Å². The zero-order chi connectivity index (χ0) is 13.8. The van der Waals surface area contributed by atoms with Gasteiger partial charge in [-0.15, -0.1) is 0 Å². The molecule has 0 aliphatic carbocycles. The second-order valence-corrected chi connectivity index (χ2v) is 5.05. The number of methoxy groups -OCH3 is 1. The first-order valence-corrected chi connectivity index (χ1v) is 6.61. The summed E-state index contributed by atoms with van der Waals surface area (Å²) in [5, 5.41) is 4.06. The molecular formula is C16H18ClNO. The zero-order valence-corrected chi connectivity index (χ0v) is 12.2. The Morgan fingerprint density at radius 1 is 1.11 bits per heavy atom. The van der Waals surface area contributed by atoms with E-state index in [0.29, 0.717) is 10.8 Å². The van der Waals surface area contributed by atoms with Crippen molar-refractivity contribution in [2.45, 2.75) is 20.4 Å². The molecule has 0 saturated heterocycles. The zero-order valence-electron chi connectivity index (χ0n) is 11.5. The SMILES string of the molecule is COc1ccc(CNc2ccc(C)cc2C)cc1Cl. The Balaban J connectivity index is 2.08. The number of benzene rings is 2. The molecule has 0 atom stereocenters. The molecule has 0 aromatic heterocycles. The molecule has 0 fully saturated rings. The number of anilines is 1. The van der Waals surface area contributed by atoms with E-state index in [2.05, 4.69) is 37.4 Å². The second kappa shape index (κ2) is 5.98. The molecule has 2 rings (SSSR count). The normalized spacial score (nSPS) is 10.3. The smallest absolute Gasteiger partial charge is 0.137 e. The predicted molar refractivity (Wildman–Crippen MR) is 81.2 cm³/mol. The van der Waals surface area contributed by atoms with Gasteiger partial charge in [0.2, 0.25) is 0 Å². The van der Waals surface area contributed by atoms with Gasteiger partial charge in [-0.1, -0.05) is 35.4 Å². The summed E-state index contributed by atoms with van der Waals surface area (Å²) in [5.74, 6) is 0.705. The molecule has 2 aromatic carbocycles. The highest BCUT2D eigenvalue weighted by Crippen LogP contribution is 2.25. The molecule has 19 heavy (non-hydrogen) atoms. The van der Waals surface area contributed by atoms with Crippen molar-refractivity contribution in [1.29, 1.82) is 0 Å². The average Bonchev–Trinajstić information content (AvgIpc) is 2.38. The summed E-state index contributed by atoms with van der Waals surface area (Å²) in [4.78, 5) is 0. The van der Waals surface area contributed by atoms with Gasteiger partial charge in [-0.05, 0) is 43.2 Å². The Hall–Kier alpha value is -1.67. The first kappa shape index (κ1) is 13.8. The van der Waals surface area contributed by atoms with E-state index in [1.807, 2.05) is 18.2 Å². The minimum atomic E-state index is 0.641. The number of hydrogen-bond acceptors (Lipinski definition) is 2. The van der Waals surface area contributed by atoms with Crippen molar-refractivity contribution in [2.75, 3.05) is 12.4 Å². The van der Waals surface area contributed by atoms with E-state index in [9.17, 15) is 0 Å². The van der Waals surface area contributed by atoms with E-state index in [1.54, 1.807) is 7.11 Å². The molecule has 1 N–H and O–H groups in total. The van der Waals surface area contributed by atoms with Gasteiger partial charge in [0.05, 0.1) is 12.1 Å². The van der Waals surface area contributed by atoms with Crippen molar-refractivity contribution in [2.24, 2.45) is 0 Å². The van der Waals surface area contributed by atoms with Gasteiger partial charge in [-0.25, -0.2) is 0 Å². The number of ether oxygens (including phenoxy) is 1. The third-order valence-corrected chi connectivity index (χ3v) is 3.38. The van der Waals surface area contributed by atoms with Crippen LogP contribution in [0.2, 0.25) is 5.02 Å². The molecule has 0 heterocycles. The fraction of sp³-hybridized carbons (Fsp3) is 0.250. The third-order valence-electron chi connectivity index (χ3n) is 3.08. The molecule has 2 aromatic rings. The lowest BCUT2D eigenvalue weighted by atomic mass is 10.1. The monoisotopic (exact) mass is 275 g/mol. The Kier molecular flexibility index (Phi) is 4.33. The summed E-state index contributed by atoms with van der Waals surface area (Å²) in [6, 6.07) is 12.2. The molecule has 0 radical (unpaired) electrons. The Bertz CT molecular complexity index is 581. The first-order chi connectivity index (χ1) is 9.10. The maximum atomic E-state index is 6.11. The molecule has 0 bridgehead atoms. The lowest BCUT2D eigenvalue weighted by molar-refractivity contribution is 0.415. The largest absolute Gasteiger partial charge is 0.495 e. The van der Waals surface area contributed by atoms with Crippen LogP contribution in [0.15, 0.2) is 36.4 Å². The first-order valence-electron chi connectivity index (χ1n) is 6.23. The van der Waals surface area contributed by atoms with Crippen molar-refractivity contribution >= 4 is 17.3 Å². The van der Waals surface area contributed by atoms with Crippen LogP contribution in [0.25, 0.3) is 0 Å². The highest BCUT2D eigenvalue weighted by atomic mass is 35.5. The van der Waals surface area contributed by atoms with Gasteiger partial charge < -0.3 is 10.1 Å². The summed E-state index contributed by atoms with van der Waals surface area (Å²) in [6.07, 6.45) is 0. The van der Waals surface area contributed by atoms with Gasteiger partial charge in [-0.3, -0.25) is 0 Å². The molecule has 2 nitrogen and oxygen atoms in total. The van der Waals surface area contributed by atoms with Crippen LogP contribution in [-0.4, -0.2) is 7.11 Å². The van der Waals surface area contributed by atoms with E-state index in [1.165, 1.54) is 11.1 Å². The fourth-order valence-electron chi connectivity index (χ4n) is 2.03. The number of rotatable bonds is 4. The van der Waals surface area contributed by atoms with Crippen LogP contribution in [0.3, 0.4) is 0 Å². The highest BCUT2D eigenvalue weighted by molar-refractivity contribution is 6.32. The van der Waals surface area contributed by atoms with Crippen LogP contribution in [0.5, 0.6) is 5.75 Å². The van der Waals surface area contributed by atoms with Crippen LogP contribution >= 0.6 is 11.6 Å². The average molecular weight is 276 g/mol. The summed E-state index contributed by atoms with van der Waals surface area (Å²) in [7, 11) is 1.62. The highest BCUT2D eigenvalue weighted by Gasteiger charge is 2.03. The van der Waals surface area contributed by atoms with Gasteiger partial charge in [0.25, 0.3) is 0 Å². The number of hydrogen-bond donors (Lipinski definition) is 1. The van der Waals surface area contributed by atoms with E-state index in [-0.39, 0.29) is 0 Å². The topological polar surface area (TPSA) is 21.3 Å². The van der Waals surface area contributed by atoms with Crippen molar-refractivity contribution in [3.8, 4) is 5.75 Å². The standard InChI is InChI=1S/C16H18ClNO/c1-11-4-6-15(12(2)8-11)18-10-13-5-7-16(19-3)14(17)9-13/h4-9,18H,10H2,1-3H3. The molecule has 0 unspecified atom stereocenters. The summed E-state index contributed by atoms with van der Waals surface area (Å²) < 4.78 is 5.14. The van der Waals surface area contributed by atoms with E-state index in [4.69, 9.17) is 16.3 Å². The second-order valence-electron chi connectivity index (χ2n) is 4.64. The summed E-state index contributed by atoms with van der Waals surface area (Å²) >= 11 is 6.11. The number of halogens is 1. The maximum Gasteiger partial charge on any atom is 0.137 e. The molecule has 0 aliphatic heterocycles. The van der Waals surface area contributed by atoms with Crippen molar-refractivity contribution in [3.05, 3.63) is 58.1 Å². The van der Waals surface area contributed by atoms with Crippen molar-refractivity contribution < 1.29 is 4.74 Å². The quantitative estimate of drug-likeness (QED) is 0.882. The molecule has 0 spiro atoms. The van der Waals surface area contributed by atoms with Gasteiger partial charge in [0.15, 0.2) is 0 Å². The minimum Gasteiger partial charge on any atom is -0.495 e. The molecule has 0 amide bonds. The van der Waals surface area contributed by atoms with Crippen LogP contribution in [0.1, 0.15) is 16.7 Å². The molecular weight excluding hydrogens is 258 g/mol. The van der Waals surface area contributed by atoms with Crippen LogP contribution in [0, 0.1) is 13.8 Å². The lowest BCUT2D eigenvalue weighted by Gasteiger charge is -2.11. The van der Waals surface area contributed by atoms with Crippen molar-refractivity contribution in [3.63, 3.8) is 0 Å². The molecule has 3 heteroatoms. The lowest BCUT2D eigenvalue weighted by Crippen LogP contribution is -2.01. The van der Waals surface area contributed by atoms with E-state index < -0.39 is 0 Å². The fourth-order valence-corrected chi connectivity index (χ4v) is 2.31. The van der Waals surface area contributed by atoms with Gasteiger partial charge in [0, 0.05) is 12.2 Å². The summed E-state index contributed by atoms with van der Waals surface area (Å²) in [6.45, 7) is 4.95. The number of nitrogens with one attached hydrogen (secondary N) is 1. The van der Waals surface area contributed by atoms with Gasteiger partial charge >= 0.3 is 0 Å². The van der Waals surface area contributed by atoms with E-state index in [0.717, 1.165) is 17.8 Å². The molecule has 0 saturated carbocycles. The predicted octanol–water partition coefficient (Wildman–Crippen LogP) is 4.58. The molecule has 0 aliphatic rings. The minimum absolute atomic E-state index is 0.641. The Morgan fingerprint density at radius 3 is 2.53 bits per heavy atom. The van der Waals surface area contributed by atoms with Gasteiger partial charge in [0.1, 0.15) is 5.75 Å². The Labute approximate surface area is 119 Å². The third kappa shape index (κ3) is 3.42. The number of aryl methyl sites for hydroxylation is 2. The van der Waals surface area contributed by atoms with Crippen LogP contribution in [0.4, 0.5) is 5.69 Å².